The van der Waals surface area contributed by atoms with E-state index in [1.165, 1.54) is 18.3 Å². The molecule has 1 aromatic carbocycles. The molecule has 0 saturated carbocycles. The zero-order valence-corrected chi connectivity index (χ0v) is 18.4. The van der Waals surface area contributed by atoms with Crippen LogP contribution in [0.1, 0.15) is 31.9 Å². The first-order valence-corrected chi connectivity index (χ1v) is 10.0. The van der Waals surface area contributed by atoms with Crippen molar-refractivity contribution in [3.63, 3.8) is 0 Å². The molecule has 1 aliphatic rings. The van der Waals surface area contributed by atoms with Crippen LogP contribution in [0.3, 0.4) is 0 Å². The van der Waals surface area contributed by atoms with Crippen LogP contribution in [0, 0.1) is 11.6 Å². The molecule has 31 heavy (non-hydrogen) atoms. The topological polar surface area (TPSA) is 69.3 Å². The molecule has 8 heteroatoms. The number of hydrogen-bond donors (Lipinski definition) is 1. The number of benzene rings is 1. The van der Waals surface area contributed by atoms with E-state index in [0.717, 1.165) is 12.2 Å². The van der Waals surface area contributed by atoms with Crippen LogP contribution >= 0.6 is 0 Å². The van der Waals surface area contributed by atoms with Crippen LogP contribution in [0.15, 0.2) is 57.7 Å². The van der Waals surface area contributed by atoms with Gasteiger partial charge in [0.2, 0.25) is 0 Å². The smallest absolute Gasteiger partial charge is 0.159 e. The van der Waals surface area contributed by atoms with Gasteiger partial charge in [-0.3, -0.25) is 14.9 Å². The van der Waals surface area contributed by atoms with Crippen molar-refractivity contribution >= 4 is 24.5 Å². The number of allylic oxidation sites excluding steroid dienone is 2. The van der Waals surface area contributed by atoms with E-state index in [1.807, 2.05) is 18.7 Å². The van der Waals surface area contributed by atoms with E-state index in [9.17, 15) is 8.78 Å². The summed E-state index contributed by atoms with van der Waals surface area (Å²) in [4.78, 5) is 16.3. The van der Waals surface area contributed by atoms with Gasteiger partial charge in [-0.05, 0) is 57.3 Å². The maximum Gasteiger partial charge on any atom is 0.159 e. The Balaban J connectivity index is 2.15. The average Bonchev–Trinajstić information content (AvgIpc) is 3.44. The first-order chi connectivity index (χ1) is 14.8. The molecular weight excluding hydrogens is 398 g/mol. The number of halogens is 2. The van der Waals surface area contributed by atoms with Crippen molar-refractivity contribution < 1.29 is 8.78 Å². The fraction of sp³-hybridized carbons (Fsp3) is 0.348. The molecule has 0 radical (unpaired) electrons. The third-order valence-electron chi connectivity index (χ3n) is 4.76. The van der Waals surface area contributed by atoms with Crippen LogP contribution in [0.25, 0.3) is 5.70 Å². The largest absolute Gasteiger partial charge is 0.387 e. The molecule has 2 unspecified atom stereocenters. The fourth-order valence-electron chi connectivity index (χ4n) is 3.17. The van der Waals surface area contributed by atoms with E-state index >= 15 is 0 Å². The van der Waals surface area contributed by atoms with Crippen LogP contribution in [0.2, 0.25) is 0 Å². The fourth-order valence-corrected chi connectivity index (χ4v) is 3.17. The van der Waals surface area contributed by atoms with Gasteiger partial charge in [0.05, 0.1) is 19.0 Å². The van der Waals surface area contributed by atoms with Crippen molar-refractivity contribution in [2.24, 2.45) is 20.7 Å². The van der Waals surface area contributed by atoms with Gasteiger partial charge < -0.3 is 10.6 Å². The lowest BCUT2D eigenvalue weighted by atomic mass is 10.0. The van der Waals surface area contributed by atoms with E-state index < -0.39 is 11.6 Å². The summed E-state index contributed by atoms with van der Waals surface area (Å²) in [5, 5.41) is 0. The molecule has 2 atom stereocenters. The second kappa shape index (κ2) is 11.3. The van der Waals surface area contributed by atoms with Crippen LogP contribution < -0.4 is 5.73 Å². The van der Waals surface area contributed by atoms with Gasteiger partial charge in [-0.1, -0.05) is 6.58 Å². The van der Waals surface area contributed by atoms with Crippen molar-refractivity contribution in [1.82, 2.24) is 9.80 Å². The zero-order chi connectivity index (χ0) is 23.0. The Hall–Kier alpha value is -3.13. The van der Waals surface area contributed by atoms with E-state index in [1.54, 1.807) is 19.2 Å². The molecule has 1 saturated heterocycles. The standard InChI is InChI=1S/C23H30F2N6/c1-6-30(15-31-14-20(31)10-16(2)29-18(4)26)17(3)21-12-23(25)22(24)11-19(21)13-28-9-7-8-27-5/h7-12,20H,3,5-6,13-15H2,1-2,4H3,(H2,26,29)/b8-7-,16-10-,28-9?. The van der Waals surface area contributed by atoms with Gasteiger partial charge in [-0.2, -0.15) is 0 Å². The quantitative estimate of drug-likeness (QED) is 0.329. The lowest BCUT2D eigenvalue weighted by molar-refractivity contribution is 0.309. The number of nitrogens with two attached hydrogens (primary N) is 1. The monoisotopic (exact) mass is 428 g/mol. The third kappa shape index (κ3) is 7.25. The Morgan fingerprint density at radius 1 is 1.32 bits per heavy atom. The maximum absolute atomic E-state index is 14.0. The summed E-state index contributed by atoms with van der Waals surface area (Å²) in [5.74, 6) is -1.29. The minimum atomic E-state index is -0.908. The van der Waals surface area contributed by atoms with E-state index in [4.69, 9.17) is 5.73 Å². The Morgan fingerprint density at radius 2 is 2.03 bits per heavy atom. The first-order valence-electron chi connectivity index (χ1n) is 10.0. The van der Waals surface area contributed by atoms with Crippen molar-refractivity contribution in [2.45, 2.75) is 33.4 Å². The number of nitrogens with zero attached hydrogens (tertiary/aromatic N) is 5. The molecule has 6 nitrogen and oxygen atoms in total. The van der Waals surface area contributed by atoms with Crippen molar-refractivity contribution in [2.75, 3.05) is 19.8 Å². The molecule has 2 rings (SSSR count). The normalized spacial score (nSPS) is 19.3. The van der Waals surface area contributed by atoms with E-state index in [-0.39, 0.29) is 12.6 Å². The molecule has 1 aromatic rings. The van der Waals surface area contributed by atoms with E-state index in [0.29, 0.717) is 35.9 Å². The minimum absolute atomic E-state index is 0.190. The summed E-state index contributed by atoms with van der Waals surface area (Å²) in [6, 6.07) is 2.63. The number of aliphatic imine (C=N–C) groups is 3. The molecule has 2 N–H and O–H groups in total. The van der Waals surface area contributed by atoms with Gasteiger partial charge in [-0.15, -0.1) is 0 Å². The maximum atomic E-state index is 14.0. The summed E-state index contributed by atoms with van der Waals surface area (Å²) in [5.41, 5.74) is 8.22. The molecule has 1 heterocycles. The lowest BCUT2D eigenvalue weighted by Gasteiger charge is -2.27. The Labute approximate surface area is 182 Å². The third-order valence-corrected chi connectivity index (χ3v) is 4.76. The SMILES string of the molecule is C=N/C=C\C=NCc1cc(F)c(F)cc1C(=C)N(CC)CN1CC1/C=C(/C)N=C(C)N. The minimum Gasteiger partial charge on any atom is -0.387 e. The van der Waals surface area contributed by atoms with Gasteiger partial charge in [0.1, 0.15) is 0 Å². The summed E-state index contributed by atoms with van der Waals surface area (Å²) >= 11 is 0. The summed E-state index contributed by atoms with van der Waals surface area (Å²) in [6.07, 6.45) is 6.72. The van der Waals surface area contributed by atoms with Crippen LogP contribution in [0.4, 0.5) is 8.78 Å². The van der Waals surface area contributed by atoms with Crippen molar-refractivity contribution in [1.29, 1.82) is 0 Å². The van der Waals surface area contributed by atoms with Crippen LogP contribution in [0.5, 0.6) is 0 Å². The second-order valence-corrected chi connectivity index (χ2v) is 7.28. The van der Waals surface area contributed by atoms with Crippen molar-refractivity contribution in [3.8, 4) is 0 Å². The molecular formula is C23H30F2N6. The molecule has 0 bridgehead atoms. The summed E-state index contributed by atoms with van der Waals surface area (Å²) < 4.78 is 27.9. The molecule has 1 aliphatic heterocycles. The van der Waals surface area contributed by atoms with Gasteiger partial charge in [0.15, 0.2) is 11.6 Å². The molecule has 0 aromatic heterocycles. The highest BCUT2D eigenvalue weighted by Crippen LogP contribution is 2.28. The van der Waals surface area contributed by atoms with Crippen LogP contribution in [-0.4, -0.2) is 54.4 Å². The van der Waals surface area contributed by atoms with Gasteiger partial charge in [0.25, 0.3) is 0 Å². The first kappa shape index (κ1) is 24.1. The average molecular weight is 429 g/mol. The van der Waals surface area contributed by atoms with Crippen LogP contribution in [-0.2, 0) is 6.54 Å². The highest BCUT2D eigenvalue weighted by Gasteiger charge is 2.33. The highest BCUT2D eigenvalue weighted by molar-refractivity contribution is 5.78. The molecule has 0 aliphatic carbocycles. The molecule has 0 spiro atoms. The van der Waals surface area contributed by atoms with Gasteiger partial charge >= 0.3 is 0 Å². The molecule has 166 valence electrons. The summed E-state index contributed by atoms with van der Waals surface area (Å²) in [7, 11) is 0. The lowest BCUT2D eigenvalue weighted by Crippen LogP contribution is -2.28. The Morgan fingerprint density at radius 3 is 2.68 bits per heavy atom. The number of hydrogen-bond acceptors (Lipinski definition) is 5. The predicted molar refractivity (Wildman–Crippen MR) is 125 cm³/mol. The number of rotatable bonds is 11. The van der Waals surface area contributed by atoms with Gasteiger partial charge in [0, 0.05) is 48.5 Å². The predicted octanol–water partition coefficient (Wildman–Crippen LogP) is 3.97. The van der Waals surface area contributed by atoms with Crippen molar-refractivity contribution in [3.05, 3.63) is 65.5 Å². The molecule has 0 amide bonds. The Bertz CT molecular complexity index is 928. The zero-order valence-electron chi connectivity index (χ0n) is 18.4. The molecule has 1 fully saturated rings. The number of amidine groups is 1. The summed E-state index contributed by atoms with van der Waals surface area (Å²) in [6.45, 7) is 15.5. The Kier molecular flexibility index (Phi) is 8.81. The van der Waals surface area contributed by atoms with E-state index in [2.05, 4.69) is 39.2 Å². The highest BCUT2D eigenvalue weighted by atomic mass is 19.2. The van der Waals surface area contributed by atoms with Gasteiger partial charge in [-0.25, -0.2) is 13.8 Å². The second-order valence-electron chi connectivity index (χ2n) is 7.28.